The highest BCUT2D eigenvalue weighted by Gasteiger charge is 2.46. The molecule has 0 bridgehead atoms. The summed E-state index contributed by atoms with van der Waals surface area (Å²) in [6, 6.07) is 0. The van der Waals surface area contributed by atoms with Gasteiger partial charge in [0.05, 0.1) is 6.61 Å². The molecule has 0 saturated carbocycles. The molecule has 2 unspecified atom stereocenters. The molecule has 278 valence electrons. The standard InChI is InChI=1S/C39H69O8P/c1-3-5-7-9-11-13-15-17-19-21-23-25-27-29-31-33-36(40)38(42)39(43,35-47-48(44,45)46)37(41)34-32-30-28-26-24-22-20-18-16-14-12-10-8-6-4-2/h27-34,38,42-43H,3-26,35H2,1-2H3,(H2,44,45,46)/b29-27+,30-28+,33-31+,34-32+. The van der Waals surface area contributed by atoms with E-state index in [-0.39, 0.29) is 0 Å². The average Bonchev–Trinajstić information content (AvgIpc) is 3.06. The number of allylic oxidation sites excluding steroid dienone is 6. The van der Waals surface area contributed by atoms with E-state index >= 15 is 0 Å². The first-order valence-electron chi connectivity index (χ1n) is 18.9. The molecule has 9 heteroatoms. The van der Waals surface area contributed by atoms with Crippen LogP contribution in [-0.2, 0) is 18.7 Å². The highest BCUT2D eigenvalue weighted by Crippen LogP contribution is 2.37. The molecular weight excluding hydrogens is 627 g/mol. The van der Waals surface area contributed by atoms with Crippen LogP contribution in [0.3, 0.4) is 0 Å². The van der Waals surface area contributed by atoms with E-state index < -0.39 is 37.7 Å². The first-order valence-corrected chi connectivity index (χ1v) is 20.5. The summed E-state index contributed by atoms with van der Waals surface area (Å²) in [6.07, 6.45) is 38.9. The van der Waals surface area contributed by atoms with Crippen LogP contribution >= 0.6 is 7.82 Å². The Balaban J connectivity index is 4.56. The highest BCUT2D eigenvalue weighted by atomic mass is 31.2. The maximum atomic E-state index is 12.8. The number of aliphatic hydroxyl groups is 2. The average molecular weight is 697 g/mol. The summed E-state index contributed by atoms with van der Waals surface area (Å²) in [5.74, 6) is -2.09. The third-order valence-corrected chi connectivity index (χ3v) is 9.02. The van der Waals surface area contributed by atoms with Crippen molar-refractivity contribution in [2.24, 2.45) is 0 Å². The fraction of sp³-hybridized carbons (Fsp3) is 0.744. The second-order valence-electron chi connectivity index (χ2n) is 13.1. The smallest absolute Gasteiger partial charge is 0.381 e. The van der Waals surface area contributed by atoms with E-state index in [2.05, 4.69) is 18.4 Å². The van der Waals surface area contributed by atoms with Gasteiger partial charge in [-0.15, -0.1) is 0 Å². The number of hydrogen-bond donors (Lipinski definition) is 4. The SMILES string of the molecule is CCCCCCCCCCCCC/C=C/C=C/C(=O)C(O)C(O)(COP(=O)(O)O)C(=O)/C=C/C=C/CCCCCCCCCCCCC. The van der Waals surface area contributed by atoms with E-state index in [0.29, 0.717) is 0 Å². The van der Waals surface area contributed by atoms with Crippen LogP contribution in [0.25, 0.3) is 0 Å². The molecule has 0 rings (SSSR count). The van der Waals surface area contributed by atoms with Crippen LogP contribution in [0.5, 0.6) is 0 Å². The van der Waals surface area contributed by atoms with Gasteiger partial charge in [0.15, 0.2) is 23.3 Å². The molecule has 0 aliphatic heterocycles. The van der Waals surface area contributed by atoms with E-state index in [1.54, 1.807) is 12.2 Å². The molecule has 4 N–H and O–H groups in total. The minimum absolute atomic E-state index is 0.819. The Bertz CT molecular complexity index is 967. The van der Waals surface area contributed by atoms with Gasteiger partial charge in [-0.25, -0.2) is 4.57 Å². The second kappa shape index (κ2) is 31.3. The Morgan fingerprint density at radius 2 is 0.958 bits per heavy atom. The summed E-state index contributed by atoms with van der Waals surface area (Å²) in [4.78, 5) is 43.6. The zero-order chi connectivity index (χ0) is 35.8. The summed E-state index contributed by atoms with van der Waals surface area (Å²) in [5, 5.41) is 21.5. The van der Waals surface area contributed by atoms with Gasteiger partial charge < -0.3 is 20.0 Å². The zero-order valence-corrected chi connectivity index (χ0v) is 31.1. The lowest BCUT2D eigenvalue weighted by Crippen LogP contribution is -2.55. The molecule has 0 aromatic rings. The van der Waals surface area contributed by atoms with Gasteiger partial charge in [0.25, 0.3) is 0 Å². The number of carbonyl (C=O) groups excluding carboxylic acids is 2. The number of phosphoric ester groups is 1. The fourth-order valence-electron chi connectivity index (χ4n) is 5.43. The molecule has 0 spiro atoms. The quantitative estimate of drug-likeness (QED) is 0.0225. The van der Waals surface area contributed by atoms with Crippen molar-refractivity contribution in [3.63, 3.8) is 0 Å². The van der Waals surface area contributed by atoms with E-state index in [1.165, 1.54) is 128 Å². The van der Waals surface area contributed by atoms with E-state index in [9.17, 15) is 24.4 Å². The highest BCUT2D eigenvalue weighted by molar-refractivity contribution is 7.46. The fourth-order valence-corrected chi connectivity index (χ4v) is 5.80. The molecule has 0 aliphatic carbocycles. The molecule has 0 amide bonds. The van der Waals surface area contributed by atoms with Crippen molar-refractivity contribution in [3.05, 3.63) is 48.6 Å². The lowest BCUT2D eigenvalue weighted by atomic mass is 9.89. The molecule has 0 fully saturated rings. The van der Waals surface area contributed by atoms with Crippen LogP contribution in [-0.4, -0.2) is 49.9 Å². The van der Waals surface area contributed by atoms with Crippen LogP contribution in [0.4, 0.5) is 0 Å². The van der Waals surface area contributed by atoms with E-state index in [0.717, 1.165) is 50.7 Å². The van der Waals surface area contributed by atoms with Gasteiger partial charge in [-0.2, -0.15) is 0 Å². The van der Waals surface area contributed by atoms with Gasteiger partial charge in [-0.1, -0.05) is 179 Å². The second-order valence-corrected chi connectivity index (χ2v) is 14.3. The number of carbonyl (C=O) groups is 2. The van der Waals surface area contributed by atoms with Gasteiger partial charge in [-0.3, -0.25) is 14.1 Å². The molecule has 2 atom stereocenters. The Hall–Kier alpha value is -1.67. The predicted molar refractivity (Wildman–Crippen MR) is 198 cm³/mol. The lowest BCUT2D eigenvalue weighted by molar-refractivity contribution is -0.159. The lowest BCUT2D eigenvalue weighted by Gasteiger charge is -2.28. The molecular formula is C39H69O8P. The molecule has 0 aliphatic rings. The van der Waals surface area contributed by atoms with E-state index in [4.69, 9.17) is 9.79 Å². The van der Waals surface area contributed by atoms with Crippen molar-refractivity contribution in [1.82, 2.24) is 0 Å². The molecule has 0 aromatic heterocycles. The maximum Gasteiger partial charge on any atom is 0.469 e. The van der Waals surface area contributed by atoms with Crippen LogP contribution in [0.2, 0.25) is 0 Å². The van der Waals surface area contributed by atoms with Gasteiger partial charge in [0.2, 0.25) is 0 Å². The van der Waals surface area contributed by atoms with Gasteiger partial charge >= 0.3 is 7.82 Å². The van der Waals surface area contributed by atoms with Crippen molar-refractivity contribution >= 4 is 19.4 Å². The van der Waals surface area contributed by atoms with Crippen LogP contribution in [0, 0.1) is 0 Å². The summed E-state index contributed by atoms with van der Waals surface area (Å²) in [7, 11) is -5.09. The van der Waals surface area contributed by atoms with Crippen molar-refractivity contribution in [3.8, 4) is 0 Å². The number of ketones is 2. The number of phosphoric acid groups is 1. The van der Waals surface area contributed by atoms with Gasteiger partial charge in [-0.05, 0) is 37.8 Å². The topological polar surface area (TPSA) is 141 Å². The van der Waals surface area contributed by atoms with Crippen molar-refractivity contribution < 1.29 is 38.7 Å². The monoisotopic (exact) mass is 696 g/mol. The maximum absolute atomic E-state index is 12.8. The Morgan fingerprint density at radius 3 is 1.33 bits per heavy atom. The van der Waals surface area contributed by atoms with E-state index in [1.807, 2.05) is 12.2 Å². The molecule has 0 saturated heterocycles. The molecule has 0 aromatic carbocycles. The minimum Gasteiger partial charge on any atom is -0.381 e. The molecule has 48 heavy (non-hydrogen) atoms. The third-order valence-electron chi connectivity index (χ3n) is 8.55. The van der Waals surface area contributed by atoms with Crippen molar-refractivity contribution in [2.75, 3.05) is 6.61 Å². The third kappa shape index (κ3) is 27.2. The van der Waals surface area contributed by atoms with Crippen LogP contribution < -0.4 is 0 Å². The van der Waals surface area contributed by atoms with Crippen molar-refractivity contribution in [1.29, 1.82) is 0 Å². The molecule has 0 radical (unpaired) electrons. The number of rotatable bonds is 34. The number of hydrogen-bond acceptors (Lipinski definition) is 6. The number of unbranched alkanes of at least 4 members (excludes halogenated alkanes) is 22. The van der Waals surface area contributed by atoms with Gasteiger partial charge in [0.1, 0.15) is 0 Å². The predicted octanol–water partition coefficient (Wildman–Crippen LogP) is 9.95. The minimum atomic E-state index is -5.09. The normalized spacial score (nSPS) is 14.5. The Kier molecular flexibility index (Phi) is 30.2. The van der Waals surface area contributed by atoms with Crippen LogP contribution in [0.1, 0.15) is 168 Å². The molecule has 0 heterocycles. The summed E-state index contributed by atoms with van der Waals surface area (Å²) in [5.41, 5.74) is -2.87. The van der Waals surface area contributed by atoms with Crippen LogP contribution in [0.15, 0.2) is 48.6 Å². The Morgan fingerprint density at radius 1 is 0.604 bits per heavy atom. The first-order chi connectivity index (χ1) is 23.1. The largest absolute Gasteiger partial charge is 0.469 e. The molecule has 8 nitrogen and oxygen atoms in total. The Labute approximate surface area is 292 Å². The summed E-state index contributed by atoms with van der Waals surface area (Å²) < 4.78 is 15.6. The summed E-state index contributed by atoms with van der Waals surface area (Å²) >= 11 is 0. The van der Waals surface area contributed by atoms with Gasteiger partial charge in [0, 0.05) is 0 Å². The first kappa shape index (κ1) is 46.3. The zero-order valence-electron chi connectivity index (χ0n) is 30.2. The summed E-state index contributed by atoms with van der Waals surface area (Å²) in [6.45, 7) is 3.21. The van der Waals surface area contributed by atoms with Crippen molar-refractivity contribution in [2.45, 2.75) is 180 Å². The number of aliphatic hydroxyl groups excluding tert-OH is 1.